The van der Waals surface area contributed by atoms with Crippen molar-refractivity contribution in [3.05, 3.63) is 0 Å². The van der Waals surface area contributed by atoms with E-state index < -0.39 is 0 Å². The predicted molar refractivity (Wildman–Crippen MR) is 46.6 cm³/mol. The van der Waals surface area contributed by atoms with Crippen molar-refractivity contribution in [3.63, 3.8) is 0 Å². The second kappa shape index (κ2) is 2.73. The van der Waals surface area contributed by atoms with Gasteiger partial charge in [-0.05, 0) is 32.2 Å². The third-order valence-corrected chi connectivity index (χ3v) is 3.12. The molecule has 0 unspecified atom stereocenters. The summed E-state index contributed by atoms with van der Waals surface area (Å²) in [5.74, 6) is 0.207. The number of hydrogen-bond donors (Lipinski definition) is 1. The molecule has 3 nitrogen and oxygen atoms in total. The van der Waals surface area contributed by atoms with Crippen molar-refractivity contribution in [2.75, 3.05) is 13.1 Å². The quantitative estimate of drug-likeness (QED) is 0.625. The Morgan fingerprint density at radius 2 is 2.17 bits per heavy atom. The van der Waals surface area contributed by atoms with Crippen LogP contribution in [0.5, 0.6) is 0 Å². The number of carbonyl (C=O) groups is 1. The van der Waals surface area contributed by atoms with Crippen LogP contribution >= 0.6 is 0 Å². The summed E-state index contributed by atoms with van der Waals surface area (Å²) in [4.78, 5) is 13.5. The number of hydrogen-bond acceptors (Lipinski definition) is 2. The number of likely N-dealkylation sites (N-methyl/N-ethyl adjacent to an activating group) is 1. The number of nitrogens with zero attached hydrogens (tertiary/aromatic N) is 1. The Hall–Kier alpha value is -0.570. The highest BCUT2D eigenvalue weighted by Crippen LogP contribution is 2.35. The molecule has 2 rings (SSSR count). The number of rotatable bonds is 1. The summed E-state index contributed by atoms with van der Waals surface area (Å²) in [6, 6.07) is 0. The molecule has 3 heteroatoms. The van der Waals surface area contributed by atoms with Gasteiger partial charge < -0.3 is 5.32 Å². The molecule has 68 valence electrons. The molecule has 2 fully saturated rings. The fraction of sp³-hybridized carbons (Fsp3) is 0.889. The van der Waals surface area contributed by atoms with E-state index in [0.717, 1.165) is 19.4 Å². The topological polar surface area (TPSA) is 32.3 Å². The Labute approximate surface area is 73.1 Å². The van der Waals surface area contributed by atoms with Crippen LogP contribution in [0.1, 0.15) is 32.6 Å². The molecule has 0 radical (unpaired) electrons. The molecule has 0 bridgehead atoms. The van der Waals surface area contributed by atoms with Gasteiger partial charge in [-0.25, -0.2) is 0 Å². The first-order valence-corrected chi connectivity index (χ1v) is 4.83. The zero-order chi connectivity index (χ0) is 8.60. The first kappa shape index (κ1) is 8.05. The standard InChI is InChI=1S/C9H16N2O/c1-2-11-7-8(12)10-9(11)5-3-4-6-9/h2-7H2,1H3,(H,10,12). The van der Waals surface area contributed by atoms with Gasteiger partial charge in [0.15, 0.2) is 0 Å². The van der Waals surface area contributed by atoms with E-state index in [0.29, 0.717) is 6.54 Å². The van der Waals surface area contributed by atoms with Gasteiger partial charge in [-0.15, -0.1) is 0 Å². The maximum absolute atomic E-state index is 11.2. The lowest BCUT2D eigenvalue weighted by molar-refractivity contribution is -0.118. The van der Waals surface area contributed by atoms with Crippen molar-refractivity contribution in [1.82, 2.24) is 10.2 Å². The minimum absolute atomic E-state index is 0.0613. The summed E-state index contributed by atoms with van der Waals surface area (Å²) in [6.45, 7) is 3.72. The van der Waals surface area contributed by atoms with Crippen LogP contribution in [0, 0.1) is 0 Å². The normalized spacial score (nSPS) is 28.2. The highest BCUT2D eigenvalue weighted by atomic mass is 16.2. The van der Waals surface area contributed by atoms with Crippen LogP contribution in [0.25, 0.3) is 0 Å². The van der Waals surface area contributed by atoms with Crippen LogP contribution in [0.2, 0.25) is 0 Å². The SMILES string of the molecule is CCN1CC(=O)NC12CCCC2. The van der Waals surface area contributed by atoms with Gasteiger partial charge >= 0.3 is 0 Å². The zero-order valence-electron chi connectivity index (χ0n) is 7.60. The number of nitrogens with one attached hydrogen (secondary N) is 1. The molecule has 0 aromatic carbocycles. The van der Waals surface area contributed by atoms with Crippen molar-refractivity contribution in [1.29, 1.82) is 0 Å². The van der Waals surface area contributed by atoms with E-state index in [1.807, 2.05) is 0 Å². The monoisotopic (exact) mass is 168 g/mol. The molecule has 1 saturated heterocycles. The fourth-order valence-corrected chi connectivity index (χ4v) is 2.52. The van der Waals surface area contributed by atoms with Crippen LogP contribution in [0.3, 0.4) is 0 Å². The third-order valence-electron chi connectivity index (χ3n) is 3.12. The Bertz CT molecular complexity index is 197. The van der Waals surface area contributed by atoms with Gasteiger partial charge in [0.05, 0.1) is 12.2 Å². The van der Waals surface area contributed by atoms with Gasteiger partial charge in [0, 0.05) is 0 Å². The average Bonchev–Trinajstić information content (AvgIpc) is 2.60. The first-order chi connectivity index (χ1) is 5.77. The molecule has 0 aromatic heterocycles. The zero-order valence-corrected chi connectivity index (χ0v) is 7.60. The molecule has 1 aliphatic heterocycles. The summed E-state index contributed by atoms with van der Waals surface area (Å²) in [5.41, 5.74) is 0.0613. The second-order valence-corrected chi connectivity index (χ2v) is 3.80. The summed E-state index contributed by atoms with van der Waals surface area (Å²) in [6.07, 6.45) is 4.81. The molecular weight excluding hydrogens is 152 g/mol. The van der Waals surface area contributed by atoms with E-state index in [4.69, 9.17) is 0 Å². The maximum Gasteiger partial charge on any atom is 0.235 e. The van der Waals surface area contributed by atoms with Gasteiger partial charge in [0.25, 0.3) is 0 Å². The Morgan fingerprint density at radius 1 is 1.50 bits per heavy atom. The number of amides is 1. The Kier molecular flexibility index (Phi) is 1.83. The molecule has 2 aliphatic rings. The lowest BCUT2D eigenvalue weighted by atomic mass is 10.1. The van der Waals surface area contributed by atoms with Crippen molar-refractivity contribution in [2.45, 2.75) is 38.3 Å². The Morgan fingerprint density at radius 3 is 2.75 bits per heavy atom. The van der Waals surface area contributed by atoms with Crippen LogP contribution in [0.15, 0.2) is 0 Å². The summed E-state index contributed by atoms with van der Waals surface area (Å²) in [5, 5.41) is 3.12. The predicted octanol–water partition coefficient (Wildman–Crippen LogP) is 0.708. The molecule has 1 saturated carbocycles. The molecule has 1 aliphatic carbocycles. The van der Waals surface area contributed by atoms with Crippen molar-refractivity contribution in [2.24, 2.45) is 0 Å². The van der Waals surface area contributed by atoms with Gasteiger partial charge in [0.2, 0.25) is 5.91 Å². The molecule has 1 spiro atoms. The summed E-state index contributed by atoms with van der Waals surface area (Å²) in [7, 11) is 0. The maximum atomic E-state index is 11.2. The smallest absolute Gasteiger partial charge is 0.235 e. The lowest BCUT2D eigenvalue weighted by Crippen LogP contribution is -2.49. The fourth-order valence-electron chi connectivity index (χ4n) is 2.52. The van der Waals surface area contributed by atoms with Gasteiger partial charge in [-0.1, -0.05) is 6.92 Å². The number of carbonyl (C=O) groups excluding carboxylic acids is 1. The molecule has 0 aromatic rings. The van der Waals surface area contributed by atoms with E-state index in [2.05, 4.69) is 17.1 Å². The minimum Gasteiger partial charge on any atom is -0.337 e. The molecule has 1 heterocycles. The van der Waals surface area contributed by atoms with Gasteiger partial charge in [-0.3, -0.25) is 9.69 Å². The molecule has 1 amide bonds. The van der Waals surface area contributed by atoms with Gasteiger partial charge in [0.1, 0.15) is 0 Å². The first-order valence-electron chi connectivity index (χ1n) is 4.83. The molecule has 12 heavy (non-hydrogen) atoms. The summed E-state index contributed by atoms with van der Waals surface area (Å²) >= 11 is 0. The highest BCUT2D eigenvalue weighted by Gasteiger charge is 2.45. The van der Waals surface area contributed by atoms with Crippen molar-refractivity contribution < 1.29 is 4.79 Å². The highest BCUT2D eigenvalue weighted by molar-refractivity contribution is 5.81. The van der Waals surface area contributed by atoms with Crippen LogP contribution in [-0.2, 0) is 4.79 Å². The van der Waals surface area contributed by atoms with Crippen molar-refractivity contribution in [3.8, 4) is 0 Å². The van der Waals surface area contributed by atoms with Crippen molar-refractivity contribution >= 4 is 5.91 Å². The Balaban J connectivity index is 2.16. The average molecular weight is 168 g/mol. The van der Waals surface area contributed by atoms with Crippen LogP contribution in [-0.4, -0.2) is 29.6 Å². The van der Waals surface area contributed by atoms with E-state index in [-0.39, 0.29) is 11.6 Å². The molecule has 0 atom stereocenters. The van der Waals surface area contributed by atoms with E-state index in [9.17, 15) is 4.79 Å². The minimum atomic E-state index is 0.0613. The lowest BCUT2D eigenvalue weighted by Gasteiger charge is -2.32. The second-order valence-electron chi connectivity index (χ2n) is 3.80. The van der Waals surface area contributed by atoms with Gasteiger partial charge in [-0.2, -0.15) is 0 Å². The van der Waals surface area contributed by atoms with Crippen LogP contribution in [0.4, 0.5) is 0 Å². The largest absolute Gasteiger partial charge is 0.337 e. The molecular formula is C9H16N2O. The van der Waals surface area contributed by atoms with E-state index in [1.54, 1.807) is 0 Å². The molecule has 1 N–H and O–H groups in total. The van der Waals surface area contributed by atoms with E-state index in [1.165, 1.54) is 12.8 Å². The van der Waals surface area contributed by atoms with Crippen LogP contribution < -0.4 is 5.32 Å². The summed E-state index contributed by atoms with van der Waals surface area (Å²) < 4.78 is 0. The third kappa shape index (κ3) is 1.04. The van der Waals surface area contributed by atoms with E-state index >= 15 is 0 Å².